The van der Waals surface area contributed by atoms with Gasteiger partial charge in [-0.15, -0.1) is 0 Å². The zero-order chi connectivity index (χ0) is 9.14. The summed E-state index contributed by atoms with van der Waals surface area (Å²) >= 11 is 6.06. The number of aryl methyl sites for hydroxylation is 1. The van der Waals surface area contributed by atoms with E-state index in [-0.39, 0.29) is 0 Å². The van der Waals surface area contributed by atoms with E-state index >= 15 is 0 Å². The van der Waals surface area contributed by atoms with Crippen molar-refractivity contribution in [2.45, 2.75) is 24.2 Å². The highest BCUT2D eigenvalue weighted by molar-refractivity contribution is 14.1. The Labute approximate surface area is 96.0 Å². The molecule has 1 aromatic rings. The molecule has 66 valence electrons. The summed E-state index contributed by atoms with van der Waals surface area (Å²) in [5, 5.41) is 0. The van der Waals surface area contributed by atoms with Gasteiger partial charge in [-0.05, 0) is 24.5 Å². The van der Waals surface area contributed by atoms with Crippen LogP contribution in [0.2, 0.25) is 0 Å². The lowest BCUT2D eigenvalue weighted by molar-refractivity contribution is 0.967. The van der Waals surface area contributed by atoms with E-state index in [1.54, 1.807) is 0 Å². The van der Waals surface area contributed by atoms with E-state index < -0.39 is 0 Å². The Kier molecular flexibility index (Phi) is 4.03. The quantitative estimate of drug-likeness (QED) is 0.562. The number of hydrogen-bond donors (Lipinski definition) is 0. The highest BCUT2D eigenvalue weighted by Gasteiger charge is 2.04. The fraction of sp³-hybridized carbons (Fsp3) is 0.400. The first-order valence-electron chi connectivity index (χ1n) is 3.99. The van der Waals surface area contributed by atoms with Crippen LogP contribution in [-0.4, -0.2) is 3.92 Å². The van der Waals surface area contributed by atoms with E-state index in [4.69, 9.17) is 0 Å². The second-order valence-corrected chi connectivity index (χ2v) is 5.95. The minimum absolute atomic E-state index is 0.695. The monoisotopic (exact) mass is 338 g/mol. The Balaban J connectivity index is 2.92. The summed E-state index contributed by atoms with van der Waals surface area (Å²) in [6, 6.07) is 6.44. The number of benzene rings is 1. The minimum Gasteiger partial charge on any atom is -0.0826 e. The molecule has 0 saturated heterocycles. The third-order valence-corrected chi connectivity index (χ3v) is 3.35. The number of hydrogen-bond acceptors (Lipinski definition) is 0. The van der Waals surface area contributed by atoms with E-state index in [9.17, 15) is 0 Å². The molecule has 12 heavy (non-hydrogen) atoms. The van der Waals surface area contributed by atoms with Gasteiger partial charge in [0, 0.05) is 8.40 Å². The smallest absolute Gasteiger partial charge is 0.0236 e. The van der Waals surface area contributed by atoms with Gasteiger partial charge in [0.15, 0.2) is 0 Å². The predicted octanol–water partition coefficient (Wildman–Crippen LogP) is 4.12. The molecule has 1 aromatic carbocycles. The summed E-state index contributed by atoms with van der Waals surface area (Å²) < 4.78 is 1.97. The van der Waals surface area contributed by atoms with Crippen molar-refractivity contribution in [1.82, 2.24) is 0 Å². The van der Waals surface area contributed by atoms with Gasteiger partial charge in [-0.3, -0.25) is 0 Å². The third-order valence-electron chi connectivity index (χ3n) is 1.77. The van der Waals surface area contributed by atoms with Crippen LogP contribution in [0, 0.1) is 6.92 Å². The summed E-state index contributed by atoms with van der Waals surface area (Å²) in [6.45, 7) is 4.36. The fourth-order valence-corrected chi connectivity index (χ4v) is 2.07. The zero-order valence-corrected chi connectivity index (χ0v) is 11.0. The average Bonchev–Trinajstić information content (AvgIpc) is 1.98. The van der Waals surface area contributed by atoms with E-state index in [0.29, 0.717) is 3.92 Å². The predicted molar refractivity (Wildman–Crippen MR) is 66.1 cm³/mol. The lowest BCUT2D eigenvalue weighted by Gasteiger charge is -2.07. The molecule has 1 rings (SSSR count). The molecule has 0 aliphatic carbocycles. The Morgan fingerprint density at radius 3 is 2.75 bits per heavy atom. The van der Waals surface area contributed by atoms with Crippen LogP contribution >= 0.6 is 38.5 Å². The van der Waals surface area contributed by atoms with E-state index in [1.807, 2.05) is 0 Å². The fourth-order valence-electron chi connectivity index (χ4n) is 1.17. The largest absolute Gasteiger partial charge is 0.0826 e. The maximum absolute atomic E-state index is 3.61. The zero-order valence-electron chi connectivity index (χ0n) is 7.27. The minimum atomic E-state index is 0.695. The molecule has 0 fully saturated rings. The van der Waals surface area contributed by atoms with Crippen LogP contribution < -0.4 is 0 Å². The van der Waals surface area contributed by atoms with Crippen LogP contribution in [0.1, 0.15) is 18.1 Å². The maximum atomic E-state index is 3.61. The Bertz CT molecular complexity index is 269. The molecule has 2 heteroatoms. The van der Waals surface area contributed by atoms with Crippen molar-refractivity contribution in [1.29, 1.82) is 0 Å². The van der Waals surface area contributed by atoms with Crippen LogP contribution in [0.25, 0.3) is 0 Å². The van der Waals surface area contributed by atoms with E-state index in [0.717, 1.165) is 6.42 Å². The van der Waals surface area contributed by atoms with Crippen molar-refractivity contribution in [2.75, 3.05) is 0 Å². The van der Waals surface area contributed by atoms with Crippen molar-refractivity contribution in [3.63, 3.8) is 0 Å². The Morgan fingerprint density at radius 2 is 2.17 bits per heavy atom. The molecule has 0 amide bonds. The standard InChI is InChI=1S/C10H12BrI/c1-7-4-3-5-9(10(7)11)6-8(2)12/h3-5,8H,6H2,1-2H3/t8-/m1/s1. The first-order valence-corrected chi connectivity index (χ1v) is 6.03. The molecular weight excluding hydrogens is 327 g/mol. The second kappa shape index (κ2) is 4.61. The first kappa shape index (κ1) is 10.5. The van der Waals surface area contributed by atoms with Crippen LogP contribution in [0.3, 0.4) is 0 Å². The molecule has 0 bridgehead atoms. The molecule has 1 atom stereocenters. The highest BCUT2D eigenvalue weighted by atomic mass is 127. The molecular formula is C10H12BrI. The summed E-state index contributed by atoms with van der Waals surface area (Å²) in [4.78, 5) is 0. The SMILES string of the molecule is Cc1cccc(C[C@@H](C)I)c1Br. The molecule has 0 heterocycles. The van der Waals surface area contributed by atoms with Gasteiger partial charge in [-0.25, -0.2) is 0 Å². The third kappa shape index (κ3) is 2.73. The van der Waals surface area contributed by atoms with Crippen LogP contribution in [0.4, 0.5) is 0 Å². The van der Waals surface area contributed by atoms with Crippen molar-refractivity contribution < 1.29 is 0 Å². The van der Waals surface area contributed by atoms with Crippen molar-refractivity contribution in [3.8, 4) is 0 Å². The topological polar surface area (TPSA) is 0 Å². The lowest BCUT2D eigenvalue weighted by atomic mass is 10.1. The van der Waals surface area contributed by atoms with Gasteiger partial charge in [0.05, 0.1) is 0 Å². The highest BCUT2D eigenvalue weighted by Crippen LogP contribution is 2.23. The van der Waals surface area contributed by atoms with Gasteiger partial charge >= 0.3 is 0 Å². The number of rotatable bonds is 2. The van der Waals surface area contributed by atoms with Gasteiger partial charge in [-0.2, -0.15) is 0 Å². The molecule has 0 aliphatic rings. The molecule has 0 aromatic heterocycles. The molecule has 0 nitrogen and oxygen atoms in total. The molecule has 0 spiro atoms. The van der Waals surface area contributed by atoms with E-state index in [2.05, 4.69) is 70.6 Å². The summed E-state index contributed by atoms with van der Waals surface area (Å²) in [7, 11) is 0. The summed E-state index contributed by atoms with van der Waals surface area (Å²) in [6.07, 6.45) is 1.14. The Hall–Kier alpha value is 0.430. The van der Waals surface area contributed by atoms with Gasteiger partial charge in [-0.1, -0.05) is 63.6 Å². The van der Waals surface area contributed by atoms with Gasteiger partial charge in [0.1, 0.15) is 0 Å². The Morgan fingerprint density at radius 1 is 1.50 bits per heavy atom. The lowest BCUT2D eigenvalue weighted by Crippen LogP contribution is -1.97. The molecule has 0 saturated carbocycles. The van der Waals surface area contributed by atoms with Crippen LogP contribution in [0.5, 0.6) is 0 Å². The summed E-state index contributed by atoms with van der Waals surface area (Å²) in [5.41, 5.74) is 2.74. The van der Waals surface area contributed by atoms with Crippen molar-refractivity contribution >= 4 is 38.5 Å². The molecule has 0 radical (unpaired) electrons. The number of alkyl halides is 1. The van der Waals surface area contributed by atoms with Gasteiger partial charge in [0.2, 0.25) is 0 Å². The van der Waals surface area contributed by atoms with Gasteiger partial charge in [0.25, 0.3) is 0 Å². The van der Waals surface area contributed by atoms with Crippen LogP contribution in [0.15, 0.2) is 22.7 Å². The van der Waals surface area contributed by atoms with E-state index in [1.165, 1.54) is 15.6 Å². The molecule has 0 unspecified atom stereocenters. The van der Waals surface area contributed by atoms with Crippen molar-refractivity contribution in [2.24, 2.45) is 0 Å². The second-order valence-electron chi connectivity index (χ2n) is 3.03. The van der Waals surface area contributed by atoms with Crippen LogP contribution in [-0.2, 0) is 6.42 Å². The van der Waals surface area contributed by atoms with Gasteiger partial charge < -0.3 is 0 Å². The first-order chi connectivity index (χ1) is 5.61. The number of halogens is 2. The maximum Gasteiger partial charge on any atom is 0.0236 e. The molecule has 0 N–H and O–H groups in total. The average molecular weight is 339 g/mol. The van der Waals surface area contributed by atoms with Crippen molar-refractivity contribution in [3.05, 3.63) is 33.8 Å². The molecule has 0 aliphatic heterocycles. The summed E-state index contributed by atoms with van der Waals surface area (Å²) in [5.74, 6) is 0. The normalized spacial score (nSPS) is 13.0.